The first-order chi connectivity index (χ1) is 65.1. The summed E-state index contributed by atoms with van der Waals surface area (Å²) in [7, 11) is 4.71. The van der Waals surface area contributed by atoms with Crippen molar-refractivity contribution < 1.29 is 122 Å². The monoisotopic (exact) mass is 1980 g/mol. The molecule has 5 aliphatic rings. The maximum absolute atomic E-state index is 14.8. The van der Waals surface area contributed by atoms with E-state index in [1.165, 1.54) is 143 Å². The van der Waals surface area contributed by atoms with Gasteiger partial charge in [-0.15, -0.1) is 0 Å². The summed E-state index contributed by atoms with van der Waals surface area (Å²) in [6.45, 7) is 13.5. The van der Waals surface area contributed by atoms with Gasteiger partial charge in [0.25, 0.3) is 0 Å². The summed E-state index contributed by atoms with van der Waals surface area (Å²) >= 11 is 3.40. The third kappa shape index (κ3) is 39.9. The fourth-order valence-electron chi connectivity index (χ4n) is 16.6. The summed E-state index contributed by atoms with van der Waals surface area (Å²) in [6.07, 6.45) is 31.9. The molecule has 7 aromatic carbocycles. The molecule has 26 nitrogen and oxygen atoms in total. The molecule has 0 radical (unpaired) electrons. The zero-order valence-electron chi connectivity index (χ0n) is 83.5. The molecule has 7 aromatic rings. The van der Waals surface area contributed by atoms with E-state index >= 15 is 0 Å². The summed E-state index contributed by atoms with van der Waals surface area (Å²) in [5.41, 5.74) is 38.9. The fraction of sp³-hybridized carbons (Fsp3) is 0.523. The molecule has 4 atom stereocenters. The zero-order chi connectivity index (χ0) is 98.5. The number of nitrogens with one attached hydrogen (secondary N) is 1. The average molecular weight is 1980 g/mol. The number of esters is 3. The van der Waals surface area contributed by atoms with Crippen LogP contribution in [0.25, 0.3) is 11.1 Å². The number of halogens is 1. The average Bonchev–Trinajstić information content (AvgIpc) is 1.04. The number of anilines is 1. The molecule has 0 spiro atoms. The SMILES string of the molecule is CCCCCc1ccc(C(=O)C[C@@H](CCN)C(=O)N(C)[C@@H]2C(=O)C[C@@H](C)C(=O)N[C@H](C(=O)CCC#N)Cc3ccc(OCCN)c(c3)-c3cc2ccc3OCCN)c(C2CC2)c1.CCCCCc1ccc(C(=O)O)c(C2CC2)c1.CCCCCc1ccc(C(=O)OC)c(Br)c1.CCCCCc1ccc(C(=O)OC)c(C2CC2)c1.CCCCCc1ccc(C(=O)OC)c(N)c1.O.OB(O)C1CC1.[Na+].[OH-]. The number of ether oxygens (including phenoxy) is 5. The number of fused-ring (bicyclic) bond motifs is 5. The minimum absolute atomic E-state index is 0. The van der Waals surface area contributed by atoms with E-state index in [0.29, 0.717) is 79.4 Å². The molecule has 1 heterocycles. The molecule has 748 valence electrons. The Bertz CT molecular complexity index is 4980. The molecule has 4 aliphatic carbocycles. The van der Waals surface area contributed by atoms with Gasteiger partial charge in [0.15, 0.2) is 17.3 Å². The van der Waals surface area contributed by atoms with E-state index < -0.39 is 54.6 Å². The number of nitrogens with zero attached hydrogens (tertiary/aromatic N) is 2. The van der Waals surface area contributed by atoms with Crippen molar-refractivity contribution in [3.8, 4) is 28.7 Å². The van der Waals surface area contributed by atoms with Gasteiger partial charge in [-0.1, -0.05) is 185 Å². The first kappa shape index (κ1) is 121. The molecule has 12 rings (SSSR count). The van der Waals surface area contributed by atoms with E-state index in [2.05, 4.69) is 89.6 Å². The molecule has 4 fully saturated rings. The topological polar surface area (TPSA) is 465 Å². The third-order valence-corrected chi connectivity index (χ3v) is 25.7. The van der Waals surface area contributed by atoms with Crippen LogP contribution in [0.5, 0.6) is 11.5 Å². The molecule has 1 aliphatic heterocycles. The second kappa shape index (κ2) is 64.8. The number of ketones is 3. The van der Waals surface area contributed by atoms with Gasteiger partial charge >= 0.3 is 60.6 Å². The minimum Gasteiger partial charge on any atom is -0.870 e. The molecule has 29 heteroatoms. The van der Waals surface area contributed by atoms with Gasteiger partial charge in [-0.25, -0.2) is 19.2 Å². The molecule has 2 amide bonds. The summed E-state index contributed by atoms with van der Waals surface area (Å²) in [6, 6.07) is 40.1. The standard InChI is InChI=1S/C49H64N6O7.C16H22O2.C15H20O2.C13H17BrO2.C13H19NO2.C3H7BO2.Na.2H2O/c1-4-5-6-8-32-10-15-37(38(26-32)34-12-13-34)43(57)30-36(18-20-51)49(60)55(3)47-35-14-17-46(62-24-22-53)40(29-35)39-27-33(11-16-45(39)61-23-21-52)28-41(42(56)9-7-19-50)54-48(59)31(2)25-44(47)58;1-3-4-5-6-12-7-10-14(16(17)18-2)15(11-12)13-8-9-13;1-2-3-4-5-11-6-9-13(15(16)17)14(10-11)12-7-8-12;2*1-3-4-5-6-10-7-8-11(12(14)9-10)13(15)16-2;5-4(6)3-1-2-3;;;/h10-11,14-17,26-27,29,31,34,36,41,47H,4-9,12-13,18,20-25,28,30,51-53H2,1-3H3,(H,54,59);7,10-11,13H,3-6,8-9H2,1-2H3;6,9-10,12H,2-5,7-8H2,1H3,(H,16,17);7-9H,3-6H2,1-2H3;7-9H,3-6,14H2,1-2H3;3,5-6H,1-2H2;;2*1H2/q;;;;;;+1;;/p-1/t31-,36-,41+,47+;;;;;;;;/m1......../s1. The number of Topliss-reactive ketones (excluding diaryl/α,β-unsaturated/α-hetero) is 3. The van der Waals surface area contributed by atoms with Crippen LogP contribution in [0.3, 0.4) is 0 Å². The number of nitrogen functional groups attached to an aromatic ring is 1. The molecular formula is C109H152BBrN7NaO19. The van der Waals surface area contributed by atoms with Gasteiger partial charge in [-0.2, -0.15) is 5.26 Å². The number of rotatable bonds is 44. The van der Waals surface area contributed by atoms with Gasteiger partial charge in [0.1, 0.15) is 30.8 Å². The van der Waals surface area contributed by atoms with E-state index in [-0.39, 0.29) is 147 Å². The molecule has 4 saturated carbocycles. The van der Waals surface area contributed by atoms with Crippen LogP contribution in [0.1, 0.15) is 353 Å². The van der Waals surface area contributed by atoms with E-state index in [0.717, 1.165) is 117 Å². The predicted octanol–water partition coefficient (Wildman–Crippen LogP) is 16.3. The van der Waals surface area contributed by atoms with Gasteiger partial charge in [-0.05, 0) is 278 Å². The second-order valence-electron chi connectivity index (χ2n) is 36.2. The number of benzene rings is 7. The van der Waals surface area contributed by atoms with Crippen LogP contribution in [-0.2, 0) is 71.9 Å². The molecule has 0 aromatic heterocycles. The van der Waals surface area contributed by atoms with Crippen molar-refractivity contribution in [2.45, 2.75) is 296 Å². The van der Waals surface area contributed by atoms with Gasteiger partial charge in [-0.3, -0.25) is 24.0 Å². The fourth-order valence-corrected chi connectivity index (χ4v) is 17.2. The van der Waals surface area contributed by atoms with Crippen LogP contribution >= 0.6 is 15.9 Å². The number of nitrogens with two attached hydrogens (primary N) is 4. The largest absolute Gasteiger partial charge is 1.00 e. The number of hydrogen-bond acceptors (Lipinski definition) is 22. The van der Waals surface area contributed by atoms with Crippen molar-refractivity contribution in [3.05, 3.63) is 215 Å². The normalized spacial score (nSPS) is 15.2. The Balaban J connectivity index is 0.000000418. The Labute approximate surface area is 849 Å². The molecule has 138 heavy (non-hydrogen) atoms. The smallest absolute Gasteiger partial charge is 0.870 e. The van der Waals surface area contributed by atoms with E-state index in [1.807, 2.05) is 66.7 Å². The summed E-state index contributed by atoms with van der Waals surface area (Å²) in [5.74, 6) is -2.65. The van der Waals surface area contributed by atoms with Gasteiger partial charge in [0.2, 0.25) is 11.8 Å². The quantitative estimate of drug-likeness (QED) is 0.00439. The maximum atomic E-state index is 14.8. The van der Waals surface area contributed by atoms with Crippen LogP contribution in [0.2, 0.25) is 5.82 Å². The molecule has 15 N–H and O–H groups in total. The van der Waals surface area contributed by atoms with Gasteiger partial charge < -0.3 is 82.9 Å². The number of amides is 2. The van der Waals surface area contributed by atoms with Gasteiger partial charge in [0, 0.05) is 84.5 Å². The predicted molar refractivity (Wildman–Crippen MR) is 543 cm³/mol. The van der Waals surface area contributed by atoms with Crippen LogP contribution < -0.4 is 67.3 Å². The maximum Gasteiger partial charge on any atom is 1.00 e. The van der Waals surface area contributed by atoms with E-state index in [4.69, 9.17) is 52.3 Å². The number of carboxylic acid groups (broad SMARTS) is 1. The number of nitriles is 1. The summed E-state index contributed by atoms with van der Waals surface area (Å²) < 4.78 is 27.3. The third-order valence-electron chi connectivity index (χ3n) is 25.0. The Hall–Kier alpha value is -9.48. The van der Waals surface area contributed by atoms with Gasteiger partial charge in [0.05, 0.1) is 55.7 Å². The number of likely N-dealkylation sites (N-methyl/N-ethyl adjacent to an activating group) is 1. The van der Waals surface area contributed by atoms with Crippen LogP contribution in [0.4, 0.5) is 5.69 Å². The zero-order valence-corrected chi connectivity index (χ0v) is 87.1. The Kier molecular flexibility index (Phi) is 56.7. The number of aryl methyl sites for hydroxylation is 5. The number of methoxy groups -OCH3 is 3. The van der Waals surface area contributed by atoms with Crippen LogP contribution in [0.15, 0.2) is 132 Å². The molecule has 0 unspecified atom stereocenters. The number of carboxylic acids is 1. The van der Waals surface area contributed by atoms with Crippen molar-refractivity contribution in [3.63, 3.8) is 0 Å². The number of hydrogen-bond donors (Lipinski definition) is 8. The second-order valence-corrected chi connectivity index (χ2v) is 37.1. The molecule has 0 saturated heterocycles. The summed E-state index contributed by atoms with van der Waals surface area (Å²) in [5, 5.41) is 37.7. The van der Waals surface area contributed by atoms with Crippen LogP contribution in [-0.4, -0.2) is 158 Å². The minimum atomic E-state index is -1.19. The number of aromatic carboxylic acids is 1. The Morgan fingerprint density at radius 2 is 0.949 bits per heavy atom. The number of carbonyl (C=O) groups is 9. The summed E-state index contributed by atoms with van der Waals surface area (Å²) in [4.78, 5) is 118. The Morgan fingerprint density at radius 1 is 0.536 bits per heavy atom. The Morgan fingerprint density at radius 3 is 1.36 bits per heavy atom. The molecule has 4 bridgehead atoms. The van der Waals surface area contributed by atoms with Crippen molar-refractivity contribution in [1.29, 1.82) is 5.26 Å². The van der Waals surface area contributed by atoms with Crippen LogP contribution in [0, 0.1) is 23.2 Å². The van der Waals surface area contributed by atoms with Crippen molar-refractivity contribution in [2.24, 2.45) is 29.0 Å². The van der Waals surface area contributed by atoms with E-state index in [9.17, 15) is 48.4 Å². The number of carbonyl (C=O) groups excluding carboxylic acids is 8. The number of unbranched alkanes of at least 4 members (excludes halogenated alkanes) is 10. The molecular weight excluding hydrogens is 1820 g/mol. The van der Waals surface area contributed by atoms with Crippen molar-refractivity contribution in [2.75, 3.05) is 67.0 Å². The van der Waals surface area contributed by atoms with E-state index in [1.54, 1.807) is 56.4 Å². The van der Waals surface area contributed by atoms with Crippen molar-refractivity contribution >= 4 is 81.8 Å². The van der Waals surface area contributed by atoms with Crippen molar-refractivity contribution in [1.82, 2.24) is 10.2 Å². The first-order valence-electron chi connectivity index (χ1n) is 49.1. The first-order valence-corrected chi connectivity index (χ1v) is 49.9.